The van der Waals surface area contributed by atoms with E-state index >= 15 is 0 Å². The Morgan fingerprint density at radius 2 is 2.30 bits per heavy atom. The molecule has 1 aliphatic rings. The summed E-state index contributed by atoms with van der Waals surface area (Å²) in [5, 5.41) is 0. The molecule has 0 amide bonds. The monoisotopic (exact) mass is 394 g/mol. The Morgan fingerprint density at radius 1 is 1.60 bits per heavy atom. The van der Waals surface area contributed by atoms with Gasteiger partial charge in [0.15, 0.2) is 0 Å². The van der Waals surface area contributed by atoms with Gasteiger partial charge in [0, 0.05) is 29.5 Å². The lowest BCUT2D eigenvalue weighted by Crippen LogP contribution is -2.33. The van der Waals surface area contributed by atoms with Crippen LogP contribution in [0.5, 0.6) is 0 Å². The van der Waals surface area contributed by atoms with Gasteiger partial charge in [-0.2, -0.15) is 0 Å². The lowest BCUT2D eigenvalue weighted by atomic mass is 10.2. The van der Waals surface area contributed by atoms with Crippen LogP contribution in [-0.2, 0) is 14.3 Å². The highest BCUT2D eigenvalue weighted by Gasteiger charge is 2.38. The summed E-state index contributed by atoms with van der Waals surface area (Å²) < 4.78 is 12.9. The number of rotatable bonds is 3. The number of carbonyl (C=O) groups is 1. The standard InChI is InChI=1S/C12H15IN2O5/c1-6-5-15(12(18)14-11(6)17)10-3-8(19-7(2)16)9(4-13)20-10/h5,8-10H,3-4H2,1-2H3,(H,14,17,18)/t8-,9+,10+/m0/s1. The van der Waals surface area contributed by atoms with Crippen molar-refractivity contribution in [1.29, 1.82) is 0 Å². The Labute approximate surface area is 128 Å². The number of alkyl halides is 1. The predicted octanol–water partition coefficient (Wildman–Crippen LogP) is 0.499. The quantitative estimate of drug-likeness (QED) is 0.458. The number of aryl methyl sites for hydroxylation is 1. The van der Waals surface area contributed by atoms with Crippen molar-refractivity contribution in [3.05, 3.63) is 32.6 Å². The highest BCUT2D eigenvalue weighted by molar-refractivity contribution is 14.1. The molecule has 1 fully saturated rings. The molecule has 0 saturated carbocycles. The van der Waals surface area contributed by atoms with Crippen molar-refractivity contribution >= 4 is 28.6 Å². The second kappa shape index (κ2) is 6.08. The van der Waals surface area contributed by atoms with Crippen LogP contribution in [0.1, 0.15) is 25.1 Å². The van der Waals surface area contributed by atoms with Gasteiger partial charge in [-0.15, -0.1) is 0 Å². The first kappa shape index (κ1) is 15.2. The van der Waals surface area contributed by atoms with Crippen molar-refractivity contribution in [2.45, 2.75) is 38.7 Å². The fourth-order valence-corrected chi connectivity index (χ4v) is 2.92. The molecule has 110 valence electrons. The summed E-state index contributed by atoms with van der Waals surface area (Å²) in [6, 6.07) is 0. The smallest absolute Gasteiger partial charge is 0.330 e. The van der Waals surface area contributed by atoms with Crippen LogP contribution in [0, 0.1) is 6.92 Å². The fourth-order valence-electron chi connectivity index (χ4n) is 2.15. The molecule has 1 aromatic heterocycles. The number of hydrogen-bond donors (Lipinski definition) is 1. The van der Waals surface area contributed by atoms with Gasteiger partial charge in [0.25, 0.3) is 5.56 Å². The minimum Gasteiger partial charge on any atom is -0.460 e. The molecule has 1 saturated heterocycles. The van der Waals surface area contributed by atoms with Gasteiger partial charge in [0.2, 0.25) is 0 Å². The Bertz CT molecular complexity index is 623. The minimum atomic E-state index is -0.540. The van der Waals surface area contributed by atoms with E-state index in [1.807, 2.05) is 0 Å². The molecule has 8 heteroatoms. The molecule has 2 heterocycles. The largest absolute Gasteiger partial charge is 0.460 e. The van der Waals surface area contributed by atoms with E-state index in [0.29, 0.717) is 16.4 Å². The fraction of sp³-hybridized carbons (Fsp3) is 0.583. The molecule has 0 bridgehead atoms. The van der Waals surface area contributed by atoms with E-state index in [4.69, 9.17) is 9.47 Å². The molecule has 0 aliphatic carbocycles. The van der Waals surface area contributed by atoms with E-state index in [1.165, 1.54) is 17.7 Å². The van der Waals surface area contributed by atoms with E-state index in [-0.39, 0.29) is 18.2 Å². The Balaban J connectivity index is 2.27. The zero-order chi connectivity index (χ0) is 14.9. The van der Waals surface area contributed by atoms with Crippen molar-refractivity contribution in [3.8, 4) is 0 Å². The third-order valence-electron chi connectivity index (χ3n) is 3.11. The van der Waals surface area contributed by atoms with Crippen LogP contribution in [0.2, 0.25) is 0 Å². The van der Waals surface area contributed by atoms with Gasteiger partial charge in [-0.3, -0.25) is 19.1 Å². The number of aromatic nitrogens is 2. The lowest BCUT2D eigenvalue weighted by Gasteiger charge is -2.15. The molecule has 2 rings (SSSR count). The van der Waals surface area contributed by atoms with Crippen molar-refractivity contribution in [2.24, 2.45) is 0 Å². The zero-order valence-electron chi connectivity index (χ0n) is 11.1. The number of hydrogen-bond acceptors (Lipinski definition) is 5. The highest BCUT2D eigenvalue weighted by Crippen LogP contribution is 2.30. The Kier molecular flexibility index (Phi) is 4.63. The summed E-state index contributed by atoms with van der Waals surface area (Å²) in [7, 11) is 0. The van der Waals surface area contributed by atoms with Crippen LogP contribution in [0.3, 0.4) is 0 Å². The predicted molar refractivity (Wildman–Crippen MR) is 79.0 cm³/mol. The number of aromatic amines is 1. The molecule has 1 aliphatic heterocycles. The second-order valence-electron chi connectivity index (χ2n) is 4.65. The molecule has 0 radical (unpaired) electrons. The number of esters is 1. The lowest BCUT2D eigenvalue weighted by molar-refractivity contribution is -0.148. The van der Waals surface area contributed by atoms with Gasteiger partial charge in [-0.05, 0) is 6.92 Å². The zero-order valence-corrected chi connectivity index (χ0v) is 13.2. The SMILES string of the molecule is CC(=O)O[C@H]1C[C@H](n2cc(C)c(=O)[nH]c2=O)O[C@@H]1CI. The van der Waals surface area contributed by atoms with Crippen molar-refractivity contribution in [1.82, 2.24) is 9.55 Å². The van der Waals surface area contributed by atoms with Crippen molar-refractivity contribution < 1.29 is 14.3 Å². The Hall–Kier alpha value is -1.16. The normalized spacial score (nSPS) is 25.6. The van der Waals surface area contributed by atoms with E-state index in [1.54, 1.807) is 6.92 Å². The van der Waals surface area contributed by atoms with Crippen LogP contribution in [-0.4, -0.2) is 32.2 Å². The topological polar surface area (TPSA) is 90.4 Å². The van der Waals surface area contributed by atoms with Gasteiger partial charge in [0.05, 0.1) is 0 Å². The Morgan fingerprint density at radius 3 is 2.90 bits per heavy atom. The third-order valence-corrected chi connectivity index (χ3v) is 3.97. The van der Waals surface area contributed by atoms with Crippen LogP contribution >= 0.6 is 22.6 Å². The average Bonchev–Trinajstić information content (AvgIpc) is 2.75. The average molecular weight is 394 g/mol. The van der Waals surface area contributed by atoms with E-state index in [0.717, 1.165) is 0 Å². The summed E-state index contributed by atoms with van der Waals surface area (Å²) in [6.45, 7) is 2.96. The van der Waals surface area contributed by atoms with Crippen LogP contribution in [0.4, 0.5) is 0 Å². The van der Waals surface area contributed by atoms with Gasteiger partial charge < -0.3 is 9.47 Å². The molecule has 1 N–H and O–H groups in total. The first-order valence-corrected chi connectivity index (χ1v) is 7.65. The van der Waals surface area contributed by atoms with Gasteiger partial charge in [0.1, 0.15) is 18.4 Å². The maximum Gasteiger partial charge on any atom is 0.330 e. The molecule has 3 atom stereocenters. The first-order valence-electron chi connectivity index (χ1n) is 6.13. The number of nitrogens with one attached hydrogen (secondary N) is 1. The van der Waals surface area contributed by atoms with Gasteiger partial charge in [-0.25, -0.2) is 4.79 Å². The molecular formula is C12H15IN2O5. The summed E-state index contributed by atoms with van der Waals surface area (Å²) in [6.07, 6.45) is 0.671. The summed E-state index contributed by atoms with van der Waals surface area (Å²) >= 11 is 2.14. The summed E-state index contributed by atoms with van der Waals surface area (Å²) in [5.41, 5.74) is -0.511. The summed E-state index contributed by atoms with van der Waals surface area (Å²) in [4.78, 5) is 36.5. The molecule has 1 aromatic rings. The number of nitrogens with zero attached hydrogens (tertiary/aromatic N) is 1. The molecular weight excluding hydrogens is 379 g/mol. The second-order valence-corrected chi connectivity index (χ2v) is 5.53. The first-order chi connectivity index (χ1) is 9.42. The molecule has 20 heavy (non-hydrogen) atoms. The highest BCUT2D eigenvalue weighted by atomic mass is 127. The number of carbonyl (C=O) groups excluding carboxylic acids is 1. The molecule has 0 unspecified atom stereocenters. The van der Waals surface area contributed by atoms with E-state index in [9.17, 15) is 14.4 Å². The number of ether oxygens (including phenoxy) is 2. The van der Waals surface area contributed by atoms with E-state index < -0.39 is 17.5 Å². The maximum absolute atomic E-state index is 11.8. The van der Waals surface area contributed by atoms with Gasteiger partial charge in [-0.1, -0.05) is 22.6 Å². The number of H-pyrrole nitrogens is 1. The maximum atomic E-state index is 11.8. The molecule has 7 nitrogen and oxygen atoms in total. The minimum absolute atomic E-state index is 0.261. The molecule has 0 aromatic carbocycles. The van der Waals surface area contributed by atoms with E-state index in [2.05, 4.69) is 27.6 Å². The third kappa shape index (κ3) is 3.11. The van der Waals surface area contributed by atoms with Crippen LogP contribution in [0.25, 0.3) is 0 Å². The van der Waals surface area contributed by atoms with Crippen LogP contribution < -0.4 is 11.2 Å². The summed E-state index contributed by atoms with van der Waals surface area (Å²) in [5.74, 6) is -0.376. The molecule has 0 spiro atoms. The van der Waals surface area contributed by atoms with Crippen molar-refractivity contribution in [3.63, 3.8) is 0 Å². The number of halogens is 1. The van der Waals surface area contributed by atoms with Gasteiger partial charge >= 0.3 is 11.7 Å². The van der Waals surface area contributed by atoms with Crippen LogP contribution in [0.15, 0.2) is 15.8 Å². The van der Waals surface area contributed by atoms with Crippen molar-refractivity contribution in [2.75, 3.05) is 4.43 Å².